The summed E-state index contributed by atoms with van der Waals surface area (Å²) in [6.45, 7) is 6.25. The number of rotatable bonds is 4. The molecule has 3 fully saturated rings. The second-order valence-corrected chi connectivity index (χ2v) is 5.03. The Morgan fingerprint density at radius 3 is 2.71 bits per heavy atom. The number of carbonyl (C=O) groups excluding carboxylic acids is 1. The Balaban J connectivity index is 1.77. The number of hydrogen-bond acceptors (Lipinski definition) is 4. The van der Waals surface area contributed by atoms with E-state index in [1.165, 1.54) is 33.0 Å². The van der Waals surface area contributed by atoms with E-state index in [1.54, 1.807) is 6.92 Å². The number of ether oxygens (including phenoxy) is 1. The van der Waals surface area contributed by atoms with Crippen LogP contribution < -0.4 is 5.32 Å². The molecule has 0 radical (unpaired) electrons. The molecule has 0 aromatic rings. The van der Waals surface area contributed by atoms with E-state index >= 15 is 0 Å². The molecule has 3 aliphatic heterocycles. The topological polar surface area (TPSA) is 41.6 Å². The maximum Gasteiger partial charge on any atom is 0.333 e. The molecule has 1 atom stereocenters. The summed E-state index contributed by atoms with van der Waals surface area (Å²) >= 11 is 0. The predicted molar refractivity (Wildman–Crippen MR) is 66.7 cm³/mol. The highest BCUT2D eigenvalue weighted by atomic mass is 16.5. The first-order chi connectivity index (χ1) is 8.20. The summed E-state index contributed by atoms with van der Waals surface area (Å²) in [5.41, 5.74) is 0.682. The number of carbonyl (C=O) groups is 1. The maximum atomic E-state index is 11.2. The number of nitrogens with zero attached hydrogens (tertiary/aromatic N) is 1. The first-order valence-electron chi connectivity index (χ1n) is 6.41. The minimum atomic E-state index is -0.235. The van der Waals surface area contributed by atoms with Gasteiger partial charge in [0.25, 0.3) is 0 Å². The second kappa shape index (κ2) is 5.65. The van der Waals surface area contributed by atoms with Gasteiger partial charge in [0.2, 0.25) is 0 Å². The van der Waals surface area contributed by atoms with Gasteiger partial charge in [-0.3, -0.25) is 0 Å². The predicted octanol–water partition coefficient (Wildman–Crippen LogP) is 0.789. The Morgan fingerprint density at radius 1 is 1.47 bits per heavy atom. The van der Waals surface area contributed by atoms with Gasteiger partial charge in [0.1, 0.15) is 0 Å². The van der Waals surface area contributed by atoms with Crippen LogP contribution in [0.1, 0.15) is 19.8 Å². The van der Waals surface area contributed by atoms with E-state index in [0.29, 0.717) is 11.6 Å². The number of nitrogens with one attached hydrogen (secondary N) is 1. The lowest BCUT2D eigenvalue weighted by atomic mass is 9.84. The fourth-order valence-electron chi connectivity index (χ4n) is 2.80. The molecule has 3 saturated heterocycles. The minimum absolute atomic E-state index is 0.235. The lowest BCUT2D eigenvalue weighted by Gasteiger charge is -2.45. The number of fused-ring (bicyclic) bond motifs is 3. The molecule has 4 heteroatoms. The summed E-state index contributed by atoms with van der Waals surface area (Å²) < 4.78 is 4.66. The lowest BCUT2D eigenvalue weighted by Crippen LogP contribution is -2.56. The van der Waals surface area contributed by atoms with Gasteiger partial charge in [0.05, 0.1) is 7.11 Å². The number of esters is 1. The van der Waals surface area contributed by atoms with Gasteiger partial charge in [-0.1, -0.05) is 6.08 Å². The normalized spacial score (nSPS) is 32.6. The van der Waals surface area contributed by atoms with Crippen LogP contribution >= 0.6 is 0 Å². The van der Waals surface area contributed by atoms with Crippen molar-refractivity contribution in [2.75, 3.05) is 33.3 Å². The van der Waals surface area contributed by atoms with Gasteiger partial charge in [0, 0.05) is 24.7 Å². The zero-order chi connectivity index (χ0) is 12.3. The third-order valence-corrected chi connectivity index (χ3v) is 3.95. The highest BCUT2D eigenvalue weighted by Gasteiger charge is 2.33. The second-order valence-electron chi connectivity index (χ2n) is 5.03. The van der Waals surface area contributed by atoms with E-state index in [4.69, 9.17) is 0 Å². The zero-order valence-corrected chi connectivity index (χ0v) is 10.7. The first kappa shape index (κ1) is 12.6. The highest BCUT2D eigenvalue weighted by molar-refractivity contribution is 5.87. The van der Waals surface area contributed by atoms with Crippen LogP contribution in [0.3, 0.4) is 0 Å². The van der Waals surface area contributed by atoms with Gasteiger partial charge >= 0.3 is 5.97 Å². The van der Waals surface area contributed by atoms with Crippen molar-refractivity contribution in [2.45, 2.75) is 25.8 Å². The van der Waals surface area contributed by atoms with Gasteiger partial charge in [-0.15, -0.1) is 0 Å². The van der Waals surface area contributed by atoms with Crippen molar-refractivity contribution in [1.29, 1.82) is 0 Å². The van der Waals surface area contributed by atoms with Crippen molar-refractivity contribution < 1.29 is 9.53 Å². The van der Waals surface area contributed by atoms with Crippen LogP contribution in [0.4, 0.5) is 0 Å². The van der Waals surface area contributed by atoms with Crippen LogP contribution in [0.25, 0.3) is 0 Å². The van der Waals surface area contributed by atoms with E-state index in [0.717, 1.165) is 19.0 Å². The van der Waals surface area contributed by atoms with Crippen molar-refractivity contribution in [3.05, 3.63) is 11.6 Å². The van der Waals surface area contributed by atoms with E-state index in [1.807, 2.05) is 6.08 Å². The molecule has 3 heterocycles. The quantitative estimate of drug-likeness (QED) is 0.581. The molecule has 0 aromatic heterocycles. The fourth-order valence-corrected chi connectivity index (χ4v) is 2.80. The van der Waals surface area contributed by atoms with Crippen LogP contribution in [-0.2, 0) is 9.53 Å². The van der Waals surface area contributed by atoms with E-state index in [-0.39, 0.29) is 5.97 Å². The summed E-state index contributed by atoms with van der Waals surface area (Å²) in [6, 6.07) is 0.596. The minimum Gasteiger partial charge on any atom is -0.466 e. The molecule has 3 rings (SSSR count). The van der Waals surface area contributed by atoms with Gasteiger partial charge < -0.3 is 15.0 Å². The average molecular weight is 238 g/mol. The van der Waals surface area contributed by atoms with E-state index in [9.17, 15) is 4.79 Å². The molecule has 1 unspecified atom stereocenters. The molecular weight excluding hydrogens is 216 g/mol. The molecule has 17 heavy (non-hydrogen) atoms. The van der Waals surface area contributed by atoms with Gasteiger partial charge in [-0.05, 0) is 38.8 Å². The molecule has 1 N–H and O–H groups in total. The van der Waals surface area contributed by atoms with Crippen molar-refractivity contribution in [2.24, 2.45) is 5.92 Å². The van der Waals surface area contributed by atoms with Crippen LogP contribution in [0.15, 0.2) is 11.6 Å². The third kappa shape index (κ3) is 3.07. The molecule has 4 nitrogen and oxygen atoms in total. The van der Waals surface area contributed by atoms with Crippen LogP contribution in [0.2, 0.25) is 0 Å². The van der Waals surface area contributed by atoms with Crippen molar-refractivity contribution in [3.63, 3.8) is 0 Å². The van der Waals surface area contributed by atoms with Crippen molar-refractivity contribution >= 4 is 5.97 Å². The highest BCUT2D eigenvalue weighted by Crippen LogP contribution is 2.27. The largest absolute Gasteiger partial charge is 0.466 e. The fraction of sp³-hybridized carbons (Fsp3) is 0.769. The Kier molecular flexibility index (Phi) is 4.18. The zero-order valence-electron chi connectivity index (χ0n) is 10.7. The number of methoxy groups -OCH3 is 1. The Hall–Kier alpha value is -0.870. The lowest BCUT2D eigenvalue weighted by molar-refractivity contribution is -0.136. The van der Waals surface area contributed by atoms with Crippen molar-refractivity contribution in [3.8, 4) is 0 Å². The Morgan fingerprint density at radius 2 is 2.18 bits per heavy atom. The molecule has 0 aliphatic carbocycles. The molecular formula is C13H22N2O2. The van der Waals surface area contributed by atoms with Crippen LogP contribution in [-0.4, -0.2) is 50.2 Å². The molecule has 2 bridgehead atoms. The molecule has 0 spiro atoms. The first-order valence-corrected chi connectivity index (χ1v) is 6.41. The Bertz CT molecular complexity index is 307. The Labute approximate surface area is 103 Å². The summed E-state index contributed by atoms with van der Waals surface area (Å²) in [4.78, 5) is 13.7. The van der Waals surface area contributed by atoms with Gasteiger partial charge in [-0.25, -0.2) is 4.79 Å². The maximum absolute atomic E-state index is 11.2. The average Bonchev–Trinajstić information content (AvgIpc) is 2.39. The number of piperidine rings is 3. The smallest absolute Gasteiger partial charge is 0.333 e. The molecule has 96 valence electrons. The number of hydrogen-bond donors (Lipinski definition) is 1. The van der Waals surface area contributed by atoms with E-state index in [2.05, 4.69) is 15.0 Å². The van der Waals surface area contributed by atoms with E-state index < -0.39 is 0 Å². The standard InChI is InChI=1S/C13H22N2O2/c1-10(13(16)17-2)3-6-14-12-9-15-7-4-11(12)5-8-15/h3,11-12,14H,4-9H2,1-2H3. The van der Waals surface area contributed by atoms with Crippen molar-refractivity contribution in [1.82, 2.24) is 10.2 Å². The summed E-state index contributed by atoms with van der Waals surface area (Å²) in [7, 11) is 1.42. The molecule has 0 amide bonds. The summed E-state index contributed by atoms with van der Waals surface area (Å²) in [6.07, 6.45) is 4.55. The molecule has 0 saturated carbocycles. The molecule has 0 aromatic carbocycles. The summed E-state index contributed by atoms with van der Waals surface area (Å²) in [5, 5.41) is 3.54. The van der Waals surface area contributed by atoms with Gasteiger partial charge in [-0.2, -0.15) is 0 Å². The SMILES string of the molecule is COC(=O)C(C)=CCNC1CN2CCC1CC2. The monoisotopic (exact) mass is 238 g/mol. The summed E-state index contributed by atoms with van der Waals surface area (Å²) in [5.74, 6) is 0.590. The van der Waals surface area contributed by atoms with Crippen LogP contribution in [0.5, 0.6) is 0 Å². The third-order valence-electron chi connectivity index (χ3n) is 3.95. The van der Waals surface area contributed by atoms with Crippen LogP contribution in [0, 0.1) is 5.92 Å². The molecule has 3 aliphatic rings. The van der Waals surface area contributed by atoms with Gasteiger partial charge in [0.15, 0.2) is 0 Å².